The van der Waals surface area contributed by atoms with Crippen molar-refractivity contribution in [1.29, 1.82) is 0 Å². The second-order valence-electron chi connectivity index (χ2n) is 5.82. The molecule has 0 aliphatic carbocycles. The molecule has 0 aliphatic heterocycles. The standard InChI is InChI=1S/C19H17N5O/c1-14(16-5-2-3-6-17(16)24-11-4-9-21-24)22-19(25)15-7-8-18-20-10-12-23(18)13-15/h2-14H,1H3,(H,22,25). The quantitative estimate of drug-likeness (QED) is 0.625. The van der Waals surface area contributed by atoms with Crippen molar-refractivity contribution in [3.8, 4) is 5.69 Å². The van der Waals surface area contributed by atoms with Crippen LogP contribution in [0.5, 0.6) is 0 Å². The fraction of sp³-hybridized carbons (Fsp3) is 0.105. The predicted molar refractivity (Wildman–Crippen MR) is 94.6 cm³/mol. The van der Waals surface area contributed by atoms with E-state index in [1.807, 2.05) is 60.1 Å². The van der Waals surface area contributed by atoms with Crippen molar-refractivity contribution in [2.45, 2.75) is 13.0 Å². The molecule has 0 fully saturated rings. The van der Waals surface area contributed by atoms with Crippen LogP contribution in [-0.4, -0.2) is 25.1 Å². The van der Waals surface area contributed by atoms with Gasteiger partial charge in [0.1, 0.15) is 5.65 Å². The Morgan fingerprint density at radius 2 is 1.96 bits per heavy atom. The molecule has 0 spiro atoms. The summed E-state index contributed by atoms with van der Waals surface area (Å²) in [6.45, 7) is 1.97. The summed E-state index contributed by atoms with van der Waals surface area (Å²) in [6, 6.07) is 13.2. The number of carbonyl (C=O) groups is 1. The molecule has 4 rings (SSSR count). The Hall–Kier alpha value is -3.41. The normalized spacial score (nSPS) is 12.2. The van der Waals surface area contributed by atoms with Crippen LogP contribution in [0.3, 0.4) is 0 Å². The molecule has 0 bridgehead atoms. The van der Waals surface area contributed by atoms with Crippen LogP contribution in [0, 0.1) is 0 Å². The molecule has 0 aliphatic rings. The van der Waals surface area contributed by atoms with Gasteiger partial charge in [0, 0.05) is 31.0 Å². The second kappa shape index (κ2) is 6.24. The van der Waals surface area contributed by atoms with Gasteiger partial charge in [-0.3, -0.25) is 4.79 Å². The fourth-order valence-electron chi connectivity index (χ4n) is 2.89. The maximum absolute atomic E-state index is 12.6. The molecule has 0 radical (unpaired) electrons. The third-order valence-corrected chi connectivity index (χ3v) is 4.15. The molecule has 124 valence electrons. The first-order chi connectivity index (χ1) is 12.2. The van der Waals surface area contributed by atoms with E-state index in [1.54, 1.807) is 29.3 Å². The summed E-state index contributed by atoms with van der Waals surface area (Å²) < 4.78 is 3.63. The Bertz CT molecular complexity index is 1020. The van der Waals surface area contributed by atoms with Crippen molar-refractivity contribution < 1.29 is 4.79 Å². The van der Waals surface area contributed by atoms with Gasteiger partial charge in [-0.15, -0.1) is 0 Å². The summed E-state index contributed by atoms with van der Waals surface area (Å²) in [5.74, 6) is -0.127. The highest BCUT2D eigenvalue weighted by Crippen LogP contribution is 2.21. The highest BCUT2D eigenvalue weighted by Gasteiger charge is 2.15. The number of aromatic nitrogens is 4. The molecule has 1 atom stereocenters. The van der Waals surface area contributed by atoms with Crippen LogP contribution in [0.15, 0.2) is 73.4 Å². The van der Waals surface area contributed by atoms with E-state index in [4.69, 9.17) is 0 Å². The van der Waals surface area contributed by atoms with Gasteiger partial charge in [0.15, 0.2) is 0 Å². The van der Waals surface area contributed by atoms with E-state index in [0.717, 1.165) is 16.9 Å². The van der Waals surface area contributed by atoms with Gasteiger partial charge < -0.3 is 9.72 Å². The maximum Gasteiger partial charge on any atom is 0.253 e. The average molecular weight is 331 g/mol. The summed E-state index contributed by atoms with van der Waals surface area (Å²) >= 11 is 0. The monoisotopic (exact) mass is 331 g/mol. The molecule has 0 saturated heterocycles. The summed E-state index contributed by atoms with van der Waals surface area (Å²) in [6.07, 6.45) is 8.94. The van der Waals surface area contributed by atoms with Crippen LogP contribution in [0.1, 0.15) is 28.9 Å². The molecular weight excluding hydrogens is 314 g/mol. The van der Waals surface area contributed by atoms with Crippen molar-refractivity contribution in [3.63, 3.8) is 0 Å². The predicted octanol–water partition coefficient (Wildman–Crippen LogP) is 3.01. The third-order valence-electron chi connectivity index (χ3n) is 4.15. The number of carbonyl (C=O) groups excluding carboxylic acids is 1. The van der Waals surface area contributed by atoms with E-state index in [2.05, 4.69) is 15.4 Å². The van der Waals surface area contributed by atoms with Gasteiger partial charge in [0.2, 0.25) is 0 Å². The zero-order chi connectivity index (χ0) is 17.2. The molecule has 1 aromatic carbocycles. The van der Waals surface area contributed by atoms with Gasteiger partial charge in [-0.1, -0.05) is 18.2 Å². The molecule has 3 heterocycles. The number of rotatable bonds is 4. The molecule has 1 amide bonds. The highest BCUT2D eigenvalue weighted by molar-refractivity contribution is 5.94. The maximum atomic E-state index is 12.6. The minimum absolute atomic E-state index is 0.127. The molecular formula is C19H17N5O. The minimum Gasteiger partial charge on any atom is -0.345 e. The van der Waals surface area contributed by atoms with Gasteiger partial charge in [-0.25, -0.2) is 9.67 Å². The van der Waals surface area contributed by atoms with Gasteiger partial charge >= 0.3 is 0 Å². The lowest BCUT2D eigenvalue weighted by Crippen LogP contribution is -2.27. The Labute approximate surface area is 144 Å². The summed E-state index contributed by atoms with van der Waals surface area (Å²) in [4.78, 5) is 16.8. The molecule has 6 heteroatoms. The number of pyridine rings is 1. The van der Waals surface area contributed by atoms with E-state index in [0.29, 0.717) is 5.56 Å². The lowest BCUT2D eigenvalue weighted by Gasteiger charge is -2.18. The van der Waals surface area contributed by atoms with E-state index < -0.39 is 0 Å². The van der Waals surface area contributed by atoms with E-state index in [9.17, 15) is 4.79 Å². The Morgan fingerprint density at radius 1 is 1.08 bits per heavy atom. The van der Waals surface area contributed by atoms with Crippen molar-refractivity contribution in [2.75, 3.05) is 0 Å². The smallest absolute Gasteiger partial charge is 0.253 e. The number of para-hydroxylation sites is 1. The second-order valence-corrected chi connectivity index (χ2v) is 5.82. The molecule has 1 N–H and O–H groups in total. The van der Waals surface area contributed by atoms with Crippen molar-refractivity contribution in [2.24, 2.45) is 0 Å². The number of hydrogen-bond donors (Lipinski definition) is 1. The highest BCUT2D eigenvalue weighted by atomic mass is 16.1. The SMILES string of the molecule is CC(NC(=O)c1ccc2nccn2c1)c1ccccc1-n1cccn1. The van der Waals surface area contributed by atoms with Gasteiger partial charge in [0.25, 0.3) is 5.91 Å². The number of fused-ring (bicyclic) bond motifs is 1. The Balaban J connectivity index is 1.59. The molecule has 6 nitrogen and oxygen atoms in total. The van der Waals surface area contributed by atoms with Crippen LogP contribution in [0.4, 0.5) is 0 Å². The van der Waals surface area contributed by atoms with Crippen LogP contribution in [-0.2, 0) is 0 Å². The molecule has 4 aromatic rings. The van der Waals surface area contributed by atoms with Crippen molar-refractivity contribution in [1.82, 2.24) is 24.5 Å². The minimum atomic E-state index is -0.161. The lowest BCUT2D eigenvalue weighted by atomic mass is 10.1. The average Bonchev–Trinajstić information content (AvgIpc) is 3.32. The number of imidazole rings is 1. The fourth-order valence-corrected chi connectivity index (χ4v) is 2.89. The molecule has 0 saturated carbocycles. The lowest BCUT2D eigenvalue weighted by molar-refractivity contribution is 0.0939. The van der Waals surface area contributed by atoms with Crippen LogP contribution in [0.25, 0.3) is 11.3 Å². The van der Waals surface area contributed by atoms with Gasteiger partial charge in [-0.2, -0.15) is 5.10 Å². The zero-order valence-corrected chi connectivity index (χ0v) is 13.7. The Morgan fingerprint density at radius 3 is 2.80 bits per heavy atom. The van der Waals surface area contributed by atoms with Crippen molar-refractivity contribution in [3.05, 3.63) is 84.6 Å². The van der Waals surface area contributed by atoms with Crippen LogP contribution < -0.4 is 5.32 Å². The topological polar surface area (TPSA) is 64.2 Å². The number of benzene rings is 1. The van der Waals surface area contributed by atoms with E-state index in [1.165, 1.54) is 0 Å². The van der Waals surface area contributed by atoms with Crippen LogP contribution in [0.2, 0.25) is 0 Å². The summed E-state index contributed by atoms with van der Waals surface area (Å²) in [5.41, 5.74) is 3.36. The zero-order valence-electron chi connectivity index (χ0n) is 13.7. The first-order valence-electron chi connectivity index (χ1n) is 8.05. The van der Waals surface area contributed by atoms with Crippen molar-refractivity contribution >= 4 is 11.6 Å². The summed E-state index contributed by atoms with van der Waals surface area (Å²) in [7, 11) is 0. The largest absolute Gasteiger partial charge is 0.345 e. The van der Waals surface area contributed by atoms with Gasteiger partial charge in [-0.05, 0) is 36.8 Å². The van der Waals surface area contributed by atoms with Gasteiger partial charge in [0.05, 0.1) is 17.3 Å². The number of nitrogens with one attached hydrogen (secondary N) is 1. The number of nitrogens with zero attached hydrogens (tertiary/aromatic N) is 4. The summed E-state index contributed by atoms with van der Waals surface area (Å²) in [5, 5.41) is 7.35. The van der Waals surface area contributed by atoms with E-state index in [-0.39, 0.29) is 11.9 Å². The first kappa shape index (κ1) is 15.1. The van der Waals surface area contributed by atoms with E-state index >= 15 is 0 Å². The molecule has 25 heavy (non-hydrogen) atoms. The van der Waals surface area contributed by atoms with Crippen LogP contribution >= 0.6 is 0 Å². The third kappa shape index (κ3) is 2.89. The molecule has 1 unspecified atom stereocenters. The number of amides is 1. The Kier molecular flexibility index (Phi) is 3.78. The first-order valence-corrected chi connectivity index (χ1v) is 8.05. The number of hydrogen-bond acceptors (Lipinski definition) is 3. The molecule has 3 aromatic heterocycles.